The number of hydrogen-bond acceptors (Lipinski definition) is 1. The van der Waals surface area contributed by atoms with Gasteiger partial charge in [0.15, 0.2) is 0 Å². The summed E-state index contributed by atoms with van der Waals surface area (Å²) in [5.41, 5.74) is 7.77. The van der Waals surface area contributed by atoms with Gasteiger partial charge < -0.3 is 10.3 Å². The van der Waals surface area contributed by atoms with Crippen molar-refractivity contribution in [3.63, 3.8) is 0 Å². The Morgan fingerprint density at radius 1 is 1.29 bits per heavy atom. The molecule has 0 atom stereocenters. The third-order valence-corrected chi connectivity index (χ3v) is 3.04. The molecule has 0 fully saturated rings. The van der Waals surface area contributed by atoms with Crippen LogP contribution in [0.15, 0.2) is 24.3 Å². The molecule has 2 nitrogen and oxygen atoms in total. The fourth-order valence-electron chi connectivity index (χ4n) is 2.34. The second-order valence-electron chi connectivity index (χ2n) is 4.69. The van der Waals surface area contributed by atoms with Gasteiger partial charge in [0.1, 0.15) is 5.82 Å². The van der Waals surface area contributed by atoms with Gasteiger partial charge in [0.05, 0.1) is 5.52 Å². The summed E-state index contributed by atoms with van der Waals surface area (Å²) in [6, 6.07) is 7.45. The number of aromatic nitrogens is 1. The Morgan fingerprint density at radius 2 is 2.06 bits per heavy atom. The molecule has 0 aliphatic rings. The Labute approximate surface area is 101 Å². The third-order valence-electron chi connectivity index (χ3n) is 3.04. The minimum atomic E-state index is -0.178. The van der Waals surface area contributed by atoms with E-state index in [0.29, 0.717) is 12.6 Å². The van der Waals surface area contributed by atoms with Crippen molar-refractivity contribution < 1.29 is 4.39 Å². The van der Waals surface area contributed by atoms with Crippen LogP contribution in [0.3, 0.4) is 0 Å². The van der Waals surface area contributed by atoms with Gasteiger partial charge in [0.25, 0.3) is 0 Å². The molecule has 2 rings (SSSR count). The van der Waals surface area contributed by atoms with Crippen molar-refractivity contribution in [1.29, 1.82) is 0 Å². The smallest absolute Gasteiger partial charge is 0.125 e. The molecule has 92 valence electrons. The molecule has 17 heavy (non-hydrogen) atoms. The predicted molar refractivity (Wildman–Crippen MR) is 69.7 cm³/mol. The van der Waals surface area contributed by atoms with Crippen LogP contribution in [0.4, 0.5) is 4.39 Å². The van der Waals surface area contributed by atoms with Crippen LogP contribution in [0, 0.1) is 5.82 Å². The van der Waals surface area contributed by atoms with E-state index in [4.69, 9.17) is 5.73 Å². The first-order valence-corrected chi connectivity index (χ1v) is 6.13. The summed E-state index contributed by atoms with van der Waals surface area (Å²) >= 11 is 0. The Kier molecular flexibility index (Phi) is 3.48. The van der Waals surface area contributed by atoms with Crippen LogP contribution in [-0.2, 0) is 6.42 Å². The van der Waals surface area contributed by atoms with E-state index in [0.717, 1.165) is 23.7 Å². The van der Waals surface area contributed by atoms with Crippen molar-refractivity contribution >= 4 is 10.9 Å². The highest BCUT2D eigenvalue weighted by Gasteiger charge is 2.11. The highest BCUT2D eigenvalue weighted by atomic mass is 19.1. The van der Waals surface area contributed by atoms with Crippen molar-refractivity contribution in [2.45, 2.75) is 32.7 Å². The van der Waals surface area contributed by atoms with Gasteiger partial charge in [-0.25, -0.2) is 4.39 Å². The van der Waals surface area contributed by atoms with E-state index in [2.05, 4.69) is 24.5 Å². The zero-order valence-electron chi connectivity index (χ0n) is 10.4. The zero-order chi connectivity index (χ0) is 12.4. The second-order valence-corrected chi connectivity index (χ2v) is 4.69. The summed E-state index contributed by atoms with van der Waals surface area (Å²) in [6.07, 6.45) is 1.91. The molecule has 0 spiro atoms. The second kappa shape index (κ2) is 4.88. The van der Waals surface area contributed by atoms with E-state index in [1.807, 2.05) is 6.07 Å². The summed E-state index contributed by atoms with van der Waals surface area (Å²) in [7, 11) is 0. The summed E-state index contributed by atoms with van der Waals surface area (Å²) in [5.74, 6) is -0.178. The maximum Gasteiger partial charge on any atom is 0.125 e. The van der Waals surface area contributed by atoms with Crippen LogP contribution in [0.2, 0.25) is 0 Å². The summed E-state index contributed by atoms with van der Waals surface area (Å²) < 4.78 is 15.5. The standard InChI is InChI=1S/C14H19FN2/c1-10(2)17-13(4-3-7-16)8-11-5-6-12(15)9-14(11)17/h5-6,8-10H,3-4,7,16H2,1-2H3. The number of aryl methyl sites for hydroxylation is 1. The molecule has 1 heterocycles. The molecule has 3 heteroatoms. The lowest BCUT2D eigenvalue weighted by atomic mass is 10.2. The van der Waals surface area contributed by atoms with Gasteiger partial charge in [0, 0.05) is 17.1 Å². The summed E-state index contributed by atoms with van der Waals surface area (Å²) in [4.78, 5) is 0. The van der Waals surface area contributed by atoms with E-state index in [1.165, 1.54) is 11.8 Å². The monoisotopic (exact) mass is 234 g/mol. The number of benzene rings is 1. The van der Waals surface area contributed by atoms with E-state index >= 15 is 0 Å². The fraction of sp³-hybridized carbons (Fsp3) is 0.429. The first-order chi connectivity index (χ1) is 8.13. The largest absolute Gasteiger partial charge is 0.342 e. The summed E-state index contributed by atoms with van der Waals surface area (Å²) in [5, 5.41) is 1.10. The lowest BCUT2D eigenvalue weighted by molar-refractivity contribution is 0.584. The average Bonchev–Trinajstić information content (AvgIpc) is 2.63. The quantitative estimate of drug-likeness (QED) is 0.865. The summed E-state index contributed by atoms with van der Waals surface area (Å²) in [6.45, 7) is 4.93. The van der Waals surface area contributed by atoms with Crippen molar-refractivity contribution in [1.82, 2.24) is 4.57 Å². The molecule has 2 N–H and O–H groups in total. The number of nitrogens with two attached hydrogens (primary N) is 1. The molecule has 1 aromatic heterocycles. The van der Waals surface area contributed by atoms with Crippen molar-refractivity contribution in [3.05, 3.63) is 35.8 Å². The first kappa shape index (κ1) is 12.1. The van der Waals surface area contributed by atoms with Gasteiger partial charge in [-0.15, -0.1) is 0 Å². The van der Waals surface area contributed by atoms with Crippen LogP contribution in [0.5, 0.6) is 0 Å². The molecule has 0 amide bonds. The van der Waals surface area contributed by atoms with Crippen LogP contribution >= 0.6 is 0 Å². The normalized spacial score (nSPS) is 11.6. The highest BCUT2D eigenvalue weighted by Crippen LogP contribution is 2.25. The van der Waals surface area contributed by atoms with Crippen LogP contribution in [0.1, 0.15) is 32.0 Å². The lowest BCUT2D eigenvalue weighted by Gasteiger charge is -2.14. The molecule has 0 bridgehead atoms. The third kappa shape index (κ3) is 2.34. The molecular formula is C14H19FN2. The van der Waals surface area contributed by atoms with Crippen LogP contribution in [-0.4, -0.2) is 11.1 Å². The molecule has 0 saturated heterocycles. The van der Waals surface area contributed by atoms with Gasteiger partial charge in [-0.05, 0) is 57.5 Å². The zero-order valence-corrected chi connectivity index (χ0v) is 10.4. The Hall–Kier alpha value is -1.35. The number of nitrogens with zero attached hydrogens (tertiary/aromatic N) is 1. The minimum absolute atomic E-state index is 0.178. The molecule has 0 aliphatic carbocycles. The Morgan fingerprint density at radius 3 is 2.71 bits per heavy atom. The molecule has 2 aromatic rings. The fourth-order valence-corrected chi connectivity index (χ4v) is 2.34. The maximum atomic E-state index is 13.3. The molecule has 0 radical (unpaired) electrons. The predicted octanol–water partition coefficient (Wildman–Crippen LogP) is 3.25. The number of rotatable bonds is 4. The Bertz CT molecular complexity index is 514. The Balaban J connectivity index is 2.54. The first-order valence-electron chi connectivity index (χ1n) is 6.13. The van der Waals surface area contributed by atoms with E-state index in [9.17, 15) is 4.39 Å². The topological polar surface area (TPSA) is 30.9 Å². The van der Waals surface area contributed by atoms with Crippen molar-refractivity contribution in [2.75, 3.05) is 6.54 Å². The average molecular weight is 234 g/mol. The van der Waals surface area contributed by atoms with E-state index in [1.54, 1.807) is 6.07 Å². The van der Waals surface area contributed by atoms with Crippen molar-refractivity contribution in [3.8, 4) is 0 Å². The number of halogens is 1. The molecule has 0 unspecified atom stereocenters. The molecule has 1 aromatic carbocycles. The minimum Gasteiger partial charge on any atom is -0.342 e. The SMILES string of the molecule is CC(C)n1c(CCCN)cc2ccc(F)cc21. The van der Waals surface area contributed by atoms with Crippen LogP contribution < -0.4 is 5.73 Å². The molecular weight excluding hydrogens is 215 g/mol. The van der Waals surface area contributed by atoms with Gasteiger partial charge in [-0.2, -0.15) is 0 Å². The number of hydrogen-bond donors (Lipinski definition) is 1. The lowest BCUT2D eigenvalue weighted by Crippen LogP contribution is -2.08. The maximum absolute atomic E-state index is 13.3. The molecule has 0 aliphatic heterocycles. The van der Waals surface area contributed by atoms with Gasteiger partial charge in [-0.1, -0.05) is 0 Å². The van der Waals surface area contributed by atoms with Gasteiger partial charge in [0.2, 0.25) is 0 Å². The molecule has 0 saturated carbocycles. The van der Waals surface area contributed by atoms with E-state index < -0.39 is 0 Å². The van der Waals surface area contributed by atoms with Crippen molar-refractivity contribution in [2.24, 2.45) is 5.73 Å². The highest BCUT2D eigenvalue weighted by molar-refractivity contribution is 5.81. The van der Waals surface area contributed by atoms with Gasteiger partial charge in [-0.3, -0.25) is 0 Å². The van der Waals surface area contributed by atoms with Gasteiger partial charge >= 0.3 is 0 Å². The number of fused-ring (bicyclic) bond motifs is 1. The van der Waals surface area contributed by atoms with Crippen LogP contribution in [0.25, 0.3) is 10.9 Å². The van der Waals surface area contributed by atoms with E-state index in [-0.39, 0.29) is 5.82 Å².